The van der Waals surface area contributed by atoms with Gasteiger partial charge in [-0.15, -0.1) is 0 Å². The lowest BCUT2D eigenvalue weighted by Gasteiger charge is -2.11. The maximum atomic E-state index is 12.2. The van der Waals surface area contributed by atoms with Crippen LogP contribution < -0.4 is 10.1 Å². The summed E-state index contributed by atoms with van der Waals surface area (Å²) in [6.07, 6.45) is 1.59. The number of methoxy groups -OCH3 is 1. The van der Waals surface area contributed by atoms with E-state index in [-0.39, 0.29) is 24.6 Å². The van der Waals surface area contributed by atoms with E-state index in [1.807, 2.05) is 0 Å². The quantitative estimate of drug-likeness (QED) is 0.748. The van der Waals surface area contributed by atoms with Crippen molar-refractivity contribution in [1.82, 2.24) is 10.2 Å². The molecule has 0 unspecified atom stereocenters. The Morgan fingerprint density at radius 3 is 2.65 bits per heavy atom. The van der Waals surface area contributed by atoms with Gasteiger partial charge in [0.2, 0.25) is 5.91 Å². The maximum absolute atomic E-state index is 12.2. The van der Waals surface area contributed by atoms with Gasteiger partial charge >= 0.3 is 0 Å². The molecule has 2 N–H and O–H groups in total. The number of nitrogens with one attached hydrogen (secondary N) is 1. The van der Waals surface area contributed by atoms with Crippen molar-refractivity contribution in [3.8, 4) is 5.75 Å². The van der Waals surface area contributed by atoms with Crippen LogP contribution in [-0.4, -0.2) is 53.9 Å². The van der Waals surface area contributed by atoms with Gasteiger partial charge < -0.3 is 15.2 Å². The molecule has 2 rings (SSSR count). The molecule has 0 saturated carbocycles. The van der Waals surface area contributed by atoms with Crippen LogP contribution in [0.5, 0.6) is 5.75 Å². The second-order valence-corrected chi connectivity index (χ2v) is 5.61. The Morgan fingerprint density at radius 1 is 1.35 bits per heavy atom. The SMILES string of the molecule is COc1ccc(/C=C2/SC(=O)N(CC(=O)NCCO)C2=O)cc1. The normalized spacial score (nSPS) is 16.1. The predicted molar refractivity (Wildman–Crippen MR) is 85.8 cm³/mol. The van der Waals surface area contributed by atoms with Crippen LogP contribution in [-0.2, 0) is 9.59 Å². The Bertz CT molecular complexity index is 642. The third-order valence-corrected chi connectivity index (χ3v) is 3.93. The summed E-state index contributed by atoms with van der Waals surface area (Å²) in [7, 11) is 1.56. The van der Waals surface area contributed by atoms with E-state index in [1.54, 1.807) is 37.5 Å². The van der Waals surface area contributed by atoms with Crippen LogP contribution in [0, 0.1) is 0 Å². The van der Waals surface area contributed by atoms with Crippen LogP contribution >= 0.6 is 11.8 Å². The topological polar surface area (TPSA) is 95.9 Å². The van der Waals surface area contributed by atoms with Crippen molar-refractivity contribution >= 4 is 34.9 Å². The van der Waals surface area contributed by atoms with E-state index < -0.39 is 17.1 Å². The monoisotopic (exact) mass is 336 g/mol. The van der Waals surface area contributed by atoms with Gasteiger partial charge in [-0.2, -0.15) is 0 Å². The molecule has 1 aliphatic heterocycles. The third-order valence-electron chi connectivity index (χ3n) is 3.02. The number of benzene rings is 1. The fraction of sp³-hybridized carbons (Fsp3) is 0.267. The molecule has 0 spiro atoms. The number of aliphatic hydroxyl groups excluding tert-OH is 1. The van der Waals surface area contributed by atoms with E-state index in [9.17, 15) is 14.4 Å². The van der Waals surface area contributed by atoms with Crippen molar-refractivity contribution < 1.29 is 24.2 Å². The fourth-order valence-corrected chi connectivity index (χ4v) is 2.72. The Kier molecular flexibility index (Phi) is 5.78. The summed E-state index contributed by atoms with van der Waals surface area (Å²) < 4.78 is 5.05. The third kappa shape index (κ3) is 4.33. The minimum absolute atomic E-state index is 0.0801. The zero-order chi connectivity index (χ0) is 16.8. The highest BCUT2D eigenvalue weighted by atomic mass is 32.2. The summed E-state index contributed by atoms with van der Waals surface area (Å²) in [6, 6.07) is 7.03. The number of imide groups is 1. The van der Waals surface area contributed by atoms with Crippen LogP contribution in [0.25, 0.3) is 6.08 Å². The number of rotatable bonds is 6. The Morgan fingerprint density at radius 2 is 2.04 bits per heavy atom. The highest BCUT2D eigenvalue weighted by Gasteiger charge is 2.36. The number of thioether (sulfide) groups is 1. The average Bonchev–Trinajstić information content (AvgIpc) is 2.81. The first-order valence-electron chi connectivity index (χ1n) is 6.82. The summed E-state index contributed by atoms with van der Waals surface area (Å²) in [5, 5.41) is 10.5. The minimum Gasteiger partial charge on any atom is -0.497 e. The molecule has 1 saturated heterocycles. The Labute approximate surface area is 137 Å². The summed E-state index contributed by atoms with van der Waals surface area (Å²) in [5.41, 5.74) is 0.751. The number of carbonyl (C=O) groups excluding carboxylic acids is 3. The van der Waals surface area contributed by atoms with Gasteiger partial charge in [0.25, 0.3) is 11.1 Å². The average molecular weight is 336 g/mol. The lowest BCUT2D eigenvalue weighted by Crippen LogP contribution is -2.40. The molecule has 0 aliphatic carbocycles. The largest absolute Gasteiger partial charge is 0.497 e. The van der Waals surface area contributed by atoms with Crippen molar-refractivity contribution in [2.75, 3.05) is 26.8 Å². The number of aliphatic hydroxyl groups is 1. The molecule has 7 nitrogen and oxygen atoms in total. The maximum Gasteiger partial charge on any atom is 0.294 e. The molecule has 0 bridgehead atoms. The second kappa shape index (κ2) is 7.80. The number of amides is 3. The van der Waals surface area contributed by atoms with E-state index >= 15 is 0 Å². The number of carbonyl (C=O) groups is 3. The van der Waals surface area contributed by atoms with E-state index in [1.165, 1.54) is 0 Å². The van der Waals surface area contributed by atoms with E-state index in [0.717, 1.165) is 22.2 Å². The molecule has 23 heavy (non-hydrogen) atoms. The van der Waals surface area contributed by atoms with Gasteiger partial charge in [0.05, 0.1) is 18.6 Å². The molecule has 3 amide bonds. The van der Waals surface area contributed by atoms with E-state index in [2.05, 4.69) is 5.32 Å². The molecule has 0 radical (unpaired) electrons. The van der Waals surface area contributed by atoms with Crippen molar-refractivity contribution in [2.45, 2.75) is 0 Å². The van der Waals surface area contributed by atoms with Crippen molar-refractivity contribution in [2.24, 2.45) is 0 Å². The molecular formula is C15H16N2O5S. The highest BCUT2D eigenvalue weighted by molar-refractivity contribution is 8.18. The standard InChI is InChI=1S/C15H16N2O5S/c1-22-11-4-2-10(3-5-11)8-12-14(20)17(15(21)23-12)9-13(19)16-6-7-18/h2-5,8,18H,6-7,9H2,1H3,(H,16,19)/b12-8+. The molecule has 1 aromatic rings. The first-order valence-corrected chi connectivity index (χ1v) is 7.63. The summed E-state index contributed by atoms with van der Waals surface area (Å²) >= 11 is 0.790. The van der Waals surface area contributed by atoms with Crippen LogP contribution in [0.15, 0.2) is 29.2 Å². The van der Waals surface area contributed by atoms with Crippen LogP contribution in [0.3, 0.4) is 0 Å². The van der Waals surface area contributed by atoms with Gasteiger partial charge in [-0.25, -0.2) is 0 Å². The fourth-order valence-electron chi connectivity index (χ4n) is 1.88. The number of hydrogen-bond donors (Lipinski definition) is 2. The zero-order valence-electron chi connectivity index (χ0n) is 12.4. The van der Waals surface area contributed by atoms with Crippen molar-refractivity contribution in [3.05, 3.63) is 34.7 Å². The zero-order valence-corrected chi connectivity index (χ0v) is 13.3. The summed E-state index contributed by atoms with van der Waals surface area (Å²) in [5.74, 6) is -0.308. The number of ether oxygens (including phenoxy) is 1. The lowest BCUT2D eigenvalue weighted by atomic mass is 10.2. The molecule has 1 fully saturated rings. The van der Waals surface area contributed by atoms with Gasteiger partial charge in [-0.05, 0) is 35.5 Å². The van der Waals surface area contributed by atoms with Crippen molar-refractivity contribution in [1.29, 1.82) is 0 Å². The molecular weight excluding hydrogens is 320 g/mol. The number of nitrogens with zero attached hydrogens (tertiary/aromatic N) is 1. The lowest BCUT2D eigenvalue weighted by molar-refractivity contribution is -0.129. The minimum atomic E-state index is -0.505. The molecule has 1 aliphatic rings. The molecule has 0 aromatic heterocycles. The summed E-state index contributed by atoms with van der Waals surface area (Å²) in [6.45, 7) is -0.480. The molecule has 122 valence electrons. The van der Waals surface area contributed by atoms with Crippen LogP contribution in [0.2, 0.25) is 0 Å². The first-order chi connectivity index (χ1) is 11.0. The van der Waals surface area contributed by atoms with Gasteiger partial charge in [0.15, 0.2) is 0 Å². The van der Waals surface area contributed by atoms with Crippen LogP contribution in [0.1, 0.15) is 5.56 Å². The van der Waals surface area contributed by atoms with Gasteiger partial charge in [-0.3, -0.25) is 19.3 Å². The Balaban J connectivity index is 2.07. The molecule has 1 aromatic carbocycles. The number of hydrogen-bond acceptors (Lipinski definition) is 6. The highest BCUT2D eigenvalue weighted by Crippen LogP contribution is 2.32. The molecule has 1 heterocycles. The first kappa shape index (κ1) is 17.0. The van der Waals surface area contributed by atoms with E-state index in [0.29, 0.717) is 5.75 Å². The smallest absolute Gasteiger partial charge is 0.294 e. The van der Waals surface area contributed by atoms with Gasteiger partial charge in [-0.1, -0.05) is 12.1 Å². The van der Waals surface area contributed by atoms with Crippen LogP contribution in [0.4, 0.5) is 4.79 Å². The van der Waals surface area contributed by atoms with Crippen molar-refractivity contribution in [3.63, 3.8) is 0 Å². The molecule has 8 heteroatoms. The second-order valence-electron chi connectivity index (χ2n) is 4.61. The molecule has 0 atom stereocenters. The Hall–Kier alpha value is -2.32. The van der Waals surface area contributed by atoms with Gasteiger partial charge in [0.1, 0.15) is 12.3 Å². The van der Waals surface area contributed by atoms with Gasteiger partial charge in [0, 0.05) is 6.54 Å². The predicted octanol–water partition coefficient (Wildman–Crippen LogP) is 0.840. The van der Waals surface area contributed by atoms with E-state index in [4.69, 9.17) is 9.84 Å². The summed E-state index contributed by atoms with van der Waals surface area (Å²) in [4.78, 5) is 36.8.